The highest BCUT2D eigenvalue weighted by atomic mass is 16.5. The van der Waals surface area contributed by atoms with Crippen molar-refractivity contribution >= 4 is 5.97 Å². The molecule has 16 heavy (non-hydrogen) atoms. The number of aryl methyl sites for hydroxylation is 1. The number of aromatic nitrogens is 2. The molecule has 1 fully saturated rings. The molecule has 1 aliphatic heterocycles. The number of carboxylic acids is 1. The van der Waals surface area contributed by atoms with Crippen LogP contribution in [0, 0.1) is 5.41 Å². The first kappa shape index (κ1) is 11.1. The van der Waals surface area contributed by atoms with Crippen LogP contribution in [0.25, 0.3) is 0 Å². The largest absolute Gasteiger partial charge is 0.481 e. The molecule has 0 radical (unpaired) electrons. The molecule has 1 aliphatic rings. The Hall–Kier alpha value is -1.36. The van der Waals surface area contributed by atoms with Gasteiger partial charge in [-0.25, -0.2) is 0 Å². The maximum Gasteiger partial charge on any atom is 0.309 e. The molecule has 88 valence electrons. The summed E-state index contributed by atoms with van der Waals surface area (Å²) in [7, 11) is 0. The van der Waals surface area contributed by atoms with Gasteiger partial charge in [-0.2, -0.15) is 5.10 Å². The summed E-state index contributed by atoms with van der Waals surface area (Å²) in [5.74, 6) is -0.706. The van der Waals surface area contributed by atoms with Gasteiger partial charge >= 0.3 is 5.97 Å². The normalized spacial score (nSPS) is 19.5. The first-order valence-corrected chi connectivity index (χ1v) is 5.52. The van der Waals surface area contributed by atoms with Crippen LogP contribution in [0.4, 0.5) is 0 Å². The molecule has 5 heteroatoms. The molecule has 2 heterocycles. The average molecular weight is 224 g/mol. The van der Waals surface area contributed by atoms with Crippen LogP contribution in [-0.2, 0) is 16.1 Å². The summed E-state index contributed by atoms with van der Waals surface area (Å²) in [5.41, 5.74) is -0.621. The van der Waals surface area contributed by atoms with Crippen LogP contribution >= 0.6 is 0 Å². The first-order valence-electron chi connectivity index (χ1n) is 5.52. The fourth-order valence-corrected chi connectivity index (χ4v) is 2.09. The Kier molecular flexibility index (Phi) is 3.24. The number of carbonyl (C=O) groups is 1. The van der Waals surface area contributed by atoms with Crippen LogP contribution in [0.15, 0.2) is 18.5 Å². The lowest BCUT2D eigenvalue weighted by molar-refractivity contribution is -0.155. The minimum atomic E-state index is -0.706. The highest BCUT2D eigenvalue weighted by Crippen LogP contribution is 2.34. The van der Waals surface area contributed by atoms with Crippen molar-refractivity contribution in [1.82, 2.24) is 9.78 Å². The Labute approximate surface area is 94.0 Å². The van der Waals surface area contributed by atoms with Crippen molar-refractivity contribution in [2.24, 2.45) is 5.41 Å². The topological polar surface area (TPSA) is 64.3 Å². The van der Waals surface area contributed by atoms with Crippen molar-refractivity contribution in [3.05, 3.63) is 18.5 Å². The van der Waals surface area contributed by atoms with Crippen LogP contribution in [0.5, 0.6) is 0 Å². The molecule has 2 rings (SSSR count). The average Bonchev–Trinajstić information content (AvgIpc) is 2.80. The summed E-state index contributed by atoms with van der Waals surface area (Å²) in [4.78, 5) is 11.4. The van der Waals surface area contributed by atoms with Gasteiger partial charge in [0, 0.05) is 32.2 Å². The van der Waals surface area contributed by atoms with Crippen LogP contribution in [0.1, 0.15) is 19.3 Å². The van der Waals surface area contributed by atoms with E-state index in [1.807, 2.05) is 12.3 Å². The summed E-state index contributed by atoms with van der Waals surface area (Å²) >= 11 is 0. The lowest BCUT2D eigenvalue weighted by atomic mass is 9.77. The molecule has 0 atom stereocenters. The lowest BCUT2D eigenvalue weighted by Gasteiger charge is -2.32. The number of carboxylic acid groups (broad SMARTS) is 1. The second-order valence-corrected chi connectivity index (χ2v) is 4.22. The molecule has 0 saturated carbocycles. The quantitative estimate of drug-likeness (QED) is 0.833. The molecule has 0 bridgehead atoms. The van der Waals surface area contributed by atoms with Gasteiger partial charge in [0.2, 0.25) is 0 Å². The third-order valence-electron chi connectivity index (χ3n) is 3.28. The molecule has 1 aromatic rings. The van der Waals surface area contributed by atoms with E-state index in [0.717, 1.165) is 0 Å². The summed E-state index contributed by atoms with van der Waals surface area (Å²) < 4.78 is 7.00. The minimum absolute atomic E-state index is 0.547. The van der Waals surface area contributed by atoms with Gasteiger partial charge in [-0.1, -0.05) is 0 Å². The Morgan fingerprint density at radius 2 is 2.25 bits per heavy atom. The van der Waals surface area contributed by atoms with E-state index >= 15 is 0 Å². The van der Waals surface area contributed by atoms with Gasteiger partial charge < -0.3 is 9.84 Å². The standard InChI is InChI=1S/C11H16N2O3/c14-10(15)11(3-8-16-9-4-11)2-7-13-6-1-5-12-13/h1,5-6H,2-4,7-9H2,(H,14,15). The van der Waals surface area contributed by atoms with Crippen molar-refractivity contribution in [3.8, 4) is 0 Å². The summed E-state index contributed by atoms with van der Waals surface area (Å²) in [5, 5.41) is 13.4. The zero-order valence-electron chi connectivity index (χ0n) is 9.13. The Morgan fingerprint density at radius 1 is 1.50 bits per heavy atom. The smallest absolute Gasteiger partial charge is 0.309 e. The Balaban J connectivity index is 2.00. The second kappa shape index (κ2) is 4.65. The summed E-state index contributed by atoms with van der Waals surface area (Å²) in [6, 6.07) is 1.84. The molecule has 5 nitrogen and oxygen atoms in total. The fraction of sp³-hybridized carbons (Fsp3) is 0.636. The molecular weight excluding hydrogens is 208 g/mol. The SMILES string of the molecule is O=C(O)C1(CCn2cccn2)CCOCC1. The van der Waals surface area contributed by atoms with Crippen molar-refractivity contribution in [2.45, 2.75) is 25.8 Å². The summed E-state index contributed by atoms with van der Waals surface area (Å²) in [6.45, 7) is 1.75. The van der Waals surface area contributed by atoms with Crippen LogP contribution in [0.2, 0.25) is 0 Å². The van der Waals surface area contributed by atoms with E-state index in [-0.39, 0.29) is 0 Å². The van der Waals surface area contributed by atoms with Gasteiger partial charge in [0.1, 0.15) is 0 Å². The van der Waals surface area contributed by atoms with Crippen molar-refractivity contribution < 1.29 is 14.6 Å². The minimum Gasteiger partial charge on any atom is -0.481 e. The third-order valence-corrected chi connectivity index (χ3v) is 3.28. The van der Waals surface area contributed by atoms with E-state index in [4.69, 9.17) is 4.74 Å². The van der Waals surface area contributed by atoms with Crippen molar-refractivity contribution in [2.75, 3.05) is 13.2 Å². The zero-order valence-corrected chi connectivity index (χ0v) is 9.13. The molecule has 1 N–H and O–H groups in total. The van der Waals surface area contributed by atoms with E-state index in [1.165, 1.54) is 0 Å². The summed E-state index contributed by atoms with van der Waals surface area (Å²) in [6.07, 6.45) is 5.38. The van der Waals surface area contributed by atoms with Crippen LogP contribution in [0.3, 0.4) is 0 Å². The predicted molar refractivity (Wildman–Crippen MR) is 57.0 cm³/mol. The molecule has 0 amide bonds. The monoisotopic (exact) mass is 224 g/mol. The number of hydrogen-bond donors (Lipinski definition) is 1. The number of aliphatic carboxylic acids is 1. The highest BCUT2D eigenvalue weighted by Gasteiger charge is 2.39. The van der Waals surface area contributed by atoms with Gasteiger partial charge in [0.15, 0.2) is 0 Å². The van der Waals surface area contributed by atoms with Gasteiger partial charge in [-0.15, -0.1) is 0 Å². The van der Waals surface area contributed by atoms with E-state index in [0.29, 0.717) is 39.0 Å². The third kappa shape index (κ3) is 2.24. The molecule has 0 unspecified atom stereocenters. The Morgan fingerprint density at radius 3 is 2.81 bits per heavy atom. The van der Waals surface area contributed by atoms with Gasteiger partial charge in [-0.3, -0.25) is 9.48 Å². The molecule has 0 aliphatic carbocycles. The van der Waals surface area contributed by atoms with Gasteiger partial charge in [0.25, 0.3) is 0 Å². The number of ether oxygens (including phenoxy) is 1. The molecule has 0 aromatic carbocycles. The highest BCUT2D eigenvalue weighted by molar-refractivity contribution is 5.74. The zero-order chi connectivity index (χ0) is 11.4. The molecular formula is C11H16N2O3. The van der Waals surface area contributed by atoms with E-state index in [1.54, 1.807) is 10.9 Å². The number of hydrogen-bond acceptors (Lipinski definition) is 3. The fourth-order valence-electron chi connectivity index (χ4n) is 2.09. The maximum absolute atomic E-state index is 11.4. The predicted octanol–water partition coefficient (Wildman–Crippen LogP) is 1.15. The second-order valence-electron chi connectivity index (χ2n) is 4.22. The van der Waals surface area contributed by atoms with Crippen LogP contribution < -0.4 is 0 Å². The maximum atomic E-state index is 11.4. The lowest BCUT2D eigenvalue weighted by Crippen LogP contribution is -2.38. The van der Waals surface area contributed by atoms with Gasteiger partial charge in [-0.05, 0) is 25.3 Å². The number of nitrogens with zero attached hydrogens (tertiary/aromatic N) is 2. The van der Waals surface area contributed by atoms with Crippen LogP contribution in [-0.4, -0.2) is 34.1 Å². The molecule has 1 saturated heterocycles. The van der Waals surface area contributed by atoms with Gasteiger partial charge in [0.05, 0.1) is 5.41 Å². The first-order chi connectivity index (χ1) is 7.73. The van der Waals surface area contributed by atoms with Crippen molar-refractivity contribution in [1.29, 1.82) is 0 Å². The van der Waals surface area contributed by atoms with E-state index in [9.17, 15) is 9.90 Å². The Bertz CT molecular complexity index is 342. The molecule has 0 spiro atoms. The van der Waals surface area contributed by atoms with E-state index in [2.05, 4.69) is 5.10 Å². The number of rotatable bonds is 4. The molecule has 1 aromatic heterocycles. The van der Waals surface area contributed by atoms with Crippen molar-refractivity contribution in [3.63, 3.8) is 0 Å². The van der Waals surface area contributed by atoms with E-state index < -0.39 is 11.4 Å².